The summed E-state index contributed by atoms with van der Waals surface area (Å²) < 4.78 is 8.05. The molecule has 9 heteroatoms. The topological polar surface area (TPSA) is 98.3 Å². The minimum absolute atomic E-state index is 0.0349. The van der Waals surface area contributed by atoms with Gasteiger partial charge in [-0.25, -0.2) is 9.78 Å². The van der Waals surface area contributed by atoms with Crippen molar-refractivity contribution >= 4 is 23.4 Å². The minimum atomic E-state index is -0.0349. The lowest BCUT2D eigenvalue weighted by molar-refractivity contribution is 0.193. The number of anilines is 1. The van der Waals surface area contributed by atoms with Crippen LogP contribution in [0.1, 0.15) is 43.4 Å². The third-order valence-electron chi connectivity index (χ3n) is 7.72. The molecule has 182 valence electrons. The standard InChI is InChI=1S/C26H29ClN6O2/c27-20-7-2-1-4-17(20)15-35-22-12-18(14-29-24(22)28)21-13-23-26(9-11-33(23)31-21)8-10-32(16-26)25(34)30-19-5-3-6-19/h1-2,4,7,12-14,19H,3,5-6,8-11,15-16H2,(H2,28,29)(H,30,34). The summed E-state index contributed by atoms with van der Waals surface area (Å²) in [7, 11) is 0. The molecular weight excluding hydrogens is 464 g/mol. The van der Waals surface area contributed by atoms with Gasteiger partial charge in [-0.1, -0.05) is 29.8 Å². The number of ether oxygens (including phenoxy) is 1. The fourth-order valence-electron chi connectivity index (χ4n) is 5.36. The van der Waals surface area contributed by atoms with Crippen molar-refractivity contribution in [1.82, 2.24) is 25.0 Å². The first-order valence-corrected chi connectivity index (χ1v) is 12.6. The Kier molecular flexibility index (Phi) is 5.56. The molecule has 4 heterocycles. The van der Waals surface area contributed by atoms with Gasteiger partial charge < -0.3 is 20.7 Å². The van der Waals surface area contributed by atoms with E-state index in [0.29, 0.717) is 29.2 Å². The number of nitrogen functional groups attached to an aromatic ring is 1. The second-order valence-electron chi connectivity index (χ2n) is 9.90. The van der Waals surface area contributed by atoms with Crippen LogP contribution in [0.2, 0.25) is 5.02 Å². The number of hydrogen-bond donors (Lipinski definition) is 2. The molecule has 1 spiro atoms. The zero-order valence-electron chi connectivity index (χ0n) is 19.5. The molecule has 3 aliphatic rings. The Balaban J connectivity index is 1.19. The van der Waals surface area contributed by atoms with Gasteiger partial charge in [0.15, 0.2) is 11.6 Å². The van der Waals surface area contributed by atoms with Crippen molar-refractivity contribution in [3.8, 4) is 17.0 Å². The van der Waals surface area contributed by atoms with E-state index >= 15 is 0 Å². The number of hydrogen-bond acceptors (Lipinski definition) is 5. The lowest BCUT2D eigenvalue weighted by atomic mass is 9.82. The zero-order valence-corrected chi connectivity index (χ0v) is 20.3. The molecule has 2 fully saturated rings. The van der Waals surface area contributed by atoms with Gasteiger partial charge in [-0.3, -0.25) is 4.68 Å². The molecule has 2 aliphatic heterocycles. The molecule has 35 heavy (non-hydrogen) atoms. The summed E-state index contributed by atoms with van der Waals surface area (Å²) in [6.07, 6.45) is 7.11. The Hall–Kier alpha value is -3.26. The number of rotatable bonds is 5. The maximum atomic E-state index is 12.7. The Morgan fingerprint density at radius 2 is 2.06 bits per heavy atom. The van der Waals surface area contributed by atoms with Gasteiger partial charge in [0.2, 0.25) is 0 Å². The average molecular weight is 493 g/mol. The van der Waals surface area contributed by atoms with Crippen LogP contribution < -0.4 is 15.8 Å². The predicted octanol–water partition coefficient (Wildman–Crippen LogP) is 4.37. The van der Waals surface area contributed by atoms with Crippen LogP contribution in [-0.2, 0) is 18.6 Å². The van der Waals surface area contributed by atoms with E-state index in [-0.39, 0.29) is 11.4 Å². The normalized spacial score (nSPS) is 21.2. The van der Waals surface area contributed by atoms with Gasteiger partial charge in [-0.15, -0.1) is 0 Å². The molecule has 0 radical (unpaired) electrons. The number of urea groups is 1. The van der Waals surface area contributed by atoms with Gasteiger partial charge in [0, 0.05) is 59.1 Å². The van der Waals surface area contributed by atoms with Crippen molar-refractivity contribution < 1.29 is 9.53 Å². The van der Waals surface area contributed by atoms with Crippen LogP contribution in [-0.4, -0.2) is 44.8 Å². The van der Waals surface area contributed by atoms with Crippen molar-refractivity contribution in [1.29, 1.82) is 0 Å². The van der Waals surface area contributed by atoms with E-state index in [4.69, 9.17) is 27.2 Å². The molecule has 2 amide bonds. The quantitative estimate of drug-likeness (QED) is 0.551. The molecule has 1 unspecified atom stereocenters. The summed E-state index contributed by atoms with van der Waals surface area (Å²) in [4.78, 5) is 19.1. The van der Waals surface area contributed by atoms with Crippen LogP contribution in [0.5, 0.6) is 5.75 Å². The lowest BCUT2D eigenvalue weighted by Gasteiger charge is -2.30. The van der Waals surface area contributed by atoms with Gasteiger partial charge in [0.25, 0.3) is 0 Å². The number of fused-ring (bicyclic) bond motifs is 2. The van der Waals surface area contributed by atoms with E-state index in [0.717, 1.165) is 62.1 Å². The summed E-state index contributed by atoms with van der Waals surface area (Å²) in [6.45, 7) is 2.67. The number of nitrogens with one attached hydrogen (secondary N) is 1. The molecule has 1 aromatic carbocycles. The first kappa shape index (κ1) is 22.2. The van der Waals surface area contributed by atoms with Crippen molar-refractivity contribution in [2.45, 2.75) is 56.7 Å². The van der Waals surface area contributed by atoms with Gasteiger partial charge in [-0.2, -0.15) is 5.10 Å². The maximum Gasteiger partial charge on any atom is 0.317 e. The highest BCUT2D eigenvalue weighted by molar-refractivity contribution is 6.31. The molecule has 1 atom stereocenters. The number of nitrogens with two attached hydrogens (primary N) is 1. The third kappa shape index (κ3) is 4.10. The number of amides is 2. The number of nitrogens with zero attached hydrogens (tertiary/aromatic N) is 4. The highest BCUT2D eigenvalue weighted by Crippen LogP contribution is 2.44. The van der Waals surface area contributed by atoms with Gasteiger partial charge >= 0.3 is 6.03 Å². The average Bonchev–Trinajstić information content (AvgIpc) is 3.53. The largest absolute Gasteiger partial charge is 0.485 e. The Bertz CT molecular complexity index is 1270. The number of benzene rings is 1. The number of pyridine rings is 1. The molecule has 2 aromatic heterocycles. The van der Waals surface area contributed by atoms with Crippen molar-refractivity contribution in [3.63, 3.8) is 0 Å². The number of likely N-dealkylation sites (tertiary alicyclic amines) is 1. The summed E-state index contributed by atoms with van der Waals surface area (Å²) in [6, 6.07) is 12.0. The monoisotopic (exact) mass is 492 g/mol. The van der Waals surface area contributed by atoms with Gasteiger partial charge in [0.05, 0.1) is 5.69 Å². The van der Waals surface area contributed by atoms with E-state index in [1.807, 2.05) is 35.2 Å². The van der Waals surface area contributed by atoms with Crippen LogP contribution in [0.3, 0.4) is 0 Å². The van der Waals surface area contributed by atoms with Crippen LogP contribution >= 0.6 is 11.6 Å². The molecule has 3 aromatic rings. The molecule has 0 bridgehead atoms. The number of aromatic nitrogens is 3. The number of carbonyl (C=O) groups excluding carboxylic acids is 1. The Labute approximate surface area is 209 Å². The zero-order chi connectivity index (χ0) is 24.0. The number of halogens is 1. The lowest BCUT2D eigenvalue weighted by Crippen LogP contribution is -2.47. The fraction of sp³-hybridized carbons (Fsp3) is 0.423. The second kappa shape index (κ2) is 8.75. The molecule has 1 saturated heterocycles. The first-order valence-electron chi connectivity index (χ1n) is 12.3. The SMILES string of the molecule is Nc1ncc(-c2cc3n(n2)CCC32CCN(C(=O)NC3CCC3)C2)cc1OCc1ccccc1Cl. The maximum absolute atomic E-state index is 12.7. The van der Waals surface area contributed by atoms with E-state index in [1.54, 1.807) is 6.20 Å². The number of carbonyl (C=O) groups is 1. The summed E-state index contributed by atoms with van der Waals surface area (Å²) in [5, 5.41) is 8.70. The first-order chi connectivity index (χ1) is 17.0. The van der Waals surface area contributed by atoms with Gasteiger partial charge in [-0.05, 0) is 50.3 Å². The molecule has 8 nitrogen and oxygen atoms in total. The molecular formula is C26H29ClN6O2. The summed E-state index contributed by atoms with van der Waals surface area (Å²) >= 11 is 6.26. The summed E-state index contributed by atoms with van der Waals surface area (Å²) in [5.41, 5.74) is 9.82. The van der Waals surface area contributed by atoms with Crippen LogP contribution in [0.4, 0.5) is 10.6 Å². The van der Waals surface area contributed by atoms with Crippen molar-refractivity contribution in [2.24, 2.45) is 0 Å². The predicted molar refractivity (Wildman–Crippen MR) is 134 cm³/mol. The van der Waals surface area contributed by atoms with E-state index in [1.165, 1.54) is 12.1 Å². The highest BCUT2D eigenvalue weighted by atomic mass is 35.5. The summed E-state index contributed by atoms with van der Waals surface area (Å²) in [5.74, 6) is 0.831. The van der Waals surface area contributed by atoms with E-state index in [2.05, 4.69) is 21.0 Å². The van der Waals surface area contributed by atoms with Crippen molar-refractivity contribution in [2.75, 3.05) is 18.8 Å². The van der Waals surface area contributed by atoms with E-state index < -0.39 is 0 Å². The minimum Gasteiger partial charge on any atom is -0.485 e. The fourth-order valence-corrected chi connectivity index (χ4v) is 5.55. The van der Waals surface area contributed by atoms with Crippen LogP contribution in [0.15, 0.2) is 42.6 Å². The highest BCUT2D eigenvalue weighted by Gasteiger charge is 2.47. The molecule has 1 aliphatic carbocycles. The molecule has 6 rings (SSSR count). The van der Waals surface area contributed by atoms with Crippen LogP contribution in [0.25, 0.3) is 11.3 Å². The van der Waals surface area contributed by atoms with E-state index in [9.17, 15) is 4.79 Å². The molecule has 3 N–H and O–H groups in total. The Morgan fingerprint density at radius 1 is 1.23 bits per heavy atom. The van der Waals surface area contributed by atoms with Crippen LogP contribution in [0, 0.1) is 0 Å². The van der Waals surface area contributed by atoms with Crippen molar-refractivity contribution in [3.05, 3.63) is 58.9 Å². The third-order valence-corrected chi connectivity index (χ3v) is 8.09. The molecule has 1 saturated carbocycles. The number of aryl methyl sites for hydroxylation is 1. The smallest absolute Gasteiger partial charge is 0.317 e. The second-order valence-corrected chi connectivity index (χ2v) is 10.3. The van der Waals surface area contributed by atoms with Gasteiger partial charge in [0.1, 0.15) is 6.61 Å². The Morgan fingerprint density at radius 3 is 2.86 bits per heavy atom.